The van der Waals surface area contributed by atoms with Crippen LogP contribution >= 0.6 is 11.6 Å². The second kappa shape index (κ2) is 8.29. The average Bonchev–Trinajstić information content (AvgIpc) is 3.20. The minimum Gasteiger partial charge on any atom is -0.308 e. The number of aromatic nitrogens is 2. The van der Waals surface area contributed by atoms with Crippen molar-refractivity contribution in [1.29, 1.82) is 0 Å². The number of benzene rings is 1. The van der Waals surface area contributed by atoms with Crippen LogP contribution < -0.4 is 5.32 Å². The molecular formula is C23H28ClFN4. The van der Waals surface area contributed by atoms with Crippen LogP contribution in [0, 0.1) is 23.6 Å². The largest absolute Gasteiger partial charge is 0.308 e. The summed E-state index contributed by atoms with van der Waals surface area (Å²) in [5, 5.41) is 12.7. The third-order valence-electron chi connectivity index (χ3n) is 6.95. The van der Waals surface area contributed by atoms with Gasteiger partial charge in [0.1, 0.15) is 5.82 Å². The van der Waals surface area contributed by atoms with Crippen LogP contribution in [0.5, 0.6) is 0 Å². The fourth-order valence-electron chi connectivity index (χ4n) is 5.31. The predicted octanol–water partition coefficient (Wildman–Crippen LogP) is 4.54. The number of fused-ring (bicyclic) bond motifs is 1. The molecule has 3 aliphatic rings. The van der Waals surface area contributed by atoms with Gasteiger partial charge in [0.2, 0.25) is 0 Å². The fourth-order valence-corrected chi connectivity index (χ4v) is 5.53. The van der Waals surface area contributed by atoms with Crippen LogP contribution in [-0.4, -0.2) is 40.8 Å². The number of halogens is 2. The quantitative estimate of drug-likeness (QED) is 0.753. The van der Waals surface area contributed by atoms with Crippen molar-refractivity contribution < 1.29 is 4.39 Å². The average molecular weight is 415 g/mol. The minimum absolute atomic E-state index is 0.324. The van der Waals surface area contributed by atoms with E-state index in [9.17, 15) is 4.39 Å². The van der Waals surface area contributed by atoms with E-state index in [1.54, 1.807) is 6.07 Å². The summed E-state index contributed by atoms with van der Waals surface area (Å²) in [5.41, 5.74) is 2.08. The van der Waals surface area contributed by atoms with Gasteiger partial charge in [-0.3, -0.25) is 0 Å². The first-order chi connectivity index (χ1) is 14.2. The lowest BCUT2D eigenvalue weighted by atomic mass is 9.89. The van der Waals surface area contributed by atoms with E-state index in [0.29, 0.717) is 22.3 Å². The summed E-state index contributed by atoms with van der Waals surface area (Å²) in [4.78, 5) is 2.70. The molecule has 4 nitrogen and oxygen atoms in total. The number of nitrogens with one attached hydrogen (secondary N) is 1. The molecule has 2 atom stereocenters. The number of rotatable bonds is 6. The molecule has 6 heteroatoms. The van der Waals surface area contributed by atoms with E-state index in [-0.39, 0.29) is 5.82 Å². The monoisotopic (exact) mass is 414 g/mol. The van der Waals surface area contributed by atoms with Crippen LogP contribution in [-0.2, 0) is 6.54 Å². The molecule has 3 fully saturated rings. The molecule has 5 rings (SSSR count). The van der Waals surface area contributed by atoms with Gasteiger partial charge >= 0.3 is 0 Å². The van der Waals surface area contributed by atoms with E-state index < -0.39 is 0 Å². The highest BCUT2D eigenvalue weighted by molar-refractivity contribution is 6.33. The highest BCUT2D eigenvalue weighted by Gasteiger charge is 2.55. The summed E-state index contributed by atoms with van der Waals surface area (Å²) in [6.45, 7) is 4.54. The Balaban J connectivity index is 1.10. The molecule has 0 radical (unpaired) electrons. The third kappa shape index (κ3) is 4.32. The van der Waals surface area contributed by atoms with E-state index in [1.165, 1.54) is 63.9 Å². The minimum atomic E-state index is -0.324. The van der Waals surface area contributed by atoms with Crippen molar-refractivity contribution in [3.05, 3.63) is 46.9 Å². The maximum Gasteiger partial charge on any atom is 0.123 e. The molecule has 1 saturated heterocycles. The molecule has 29 heavy (non-hydrogen) atoms. The molecule has 1 aromatic carbocycles. The molecule has 2 saturated carbocycles. The Morgan fingerprint density at radius 1 is 1.03 bits per heavy atom. The Bertz CT molecular complexity index is 840. The van der Waals surface area contributed by atoms with Gasteiger partial charge in [0.05, 0.1) is 16.4 Å². The first-order valence-corrected chi connectivity index (χ1v) is 11.3. The Morgan fingerprint density at radius 3 is 2.55 bits per heavy atom. The zero-order valence-corrected chi connectivity index (χ0v) is 17.4. The Labute approximate surface area is 176 Å². The number of likely N-dealkylation sites (tertiary alicyclic amines) is 1. The molecule has 1 aliphatic heterocycles. The van der Waals surface area contributed by atoms with Gasteiger partial charge in [-0.25, -0.2) is 4.39 Å². The van der Waals surface area contributed by atoms with Gasteiger partial charge in [0.25, 0.3) is 0 Å². The van der Waals surface area contributed by atoms with Crippen LogP contribution in [0.4, 0.5) is 4.39 Å². The lowest BCUT2D eigenvalue weighted by Crippen LogP contribution is -2.34. The van der Waals surface area contributed by atoms with Gasteiger partial charge in [-0.05, 0) is 60.9 Å². The summed E-state index contributed by atoms with van der Waals surface area (Å²) in [5.74, 6) is 2.22. The topological polar surface area (TPSA) is 41.0 Å². The van der Waals surface area contributed by atoms with E-state index >= 15 is 0 Å². The molecule has 2 aliphatic carbocycles. The number of hydrogen-bond donors (Lipinski definition) is 1. The smallest absolute Gasteiger partial charge is 0.123 e. The van der Waals surface area contributed by atoms with Crippen molar-refractivity contribution in [2.24, 2.45) is 17.8 Å². The van der Waals surface area contributed by atoms with Crippen molar-refractivity contribution in [3.63, 3.8) is 0 Å². The maximum absolute atomic E-state index is 13.5. The Kier molecular flexibility index (Phi) is 5.55. The summed E-state index contributed by atoms with van der Waals surface area (Å²) >= 11 is 6.16. The first kappa shape index (κ1) is 19.4. The van der Waals surface area contributed by atoms with E-state index in [0.717, 1.165) is 30.0 Å². The number of nitrogens with zero attached hydrogens (tertiary/aromatic N) is 3. The van der Waals surface area contributed by atoms with Gasteiger partial charge in [0, 0.05) is 37.8 Å². The molecule has 1 aromatic heterocycles. The van der Waals surface area contributed by atoms with Crippen molar-refractivity contribution in [1.82, 2.24) is 20.4 Å². The molecule has 0 spiro atoms. The predicted molar refractivity (Wildman–Crippen MR) is 113 cm³/mol. The van der Waals surface area contributed by atoms with Gasteiger partial charge in [0.15, 0.2) is 0 Å². The van der Waals surface area contributed by atoms with Gasteiger partial charge < -0.3 is 10.2 Å². The number of piperidine rings is 1. The lowest BCUT2D eigenvalue weighted by molar-refractivity contribution is 0.211. The van der Waals surface area contributed by atoms with Crippen molar-refractivity contribution >= 4 is 11.6 Å². The second-order valence-corrected chi connectivity index (χ2v) is 9.40. The fraction of sp³-hybridized carbons (Fsp3) is 0.565. The molecule has 2 unspecified atom stereocenters. The van der Waals surface area contributed by atoms with Crippen LogP contribution in [0.15, 0.2) is 30.3 Å². The van der Waals surface area contributed by atoms with Gasteiger partial charge in [-0.15, -0.1) is 0 Å². The van der Waals surface area contributed by atoms with Crippen LogP contribution in [0.1, 0.15) is 37.8 Å². The van der Waals surface area contributed by atoms with Crippen molar-refractivity contribution in [2.45, 2.75) is 44.7 Å². The van der Waals surface area contributed by atoms with Gasteiger partial charge in [-0.2, -0.15) is 10.2 Å². The molecular weight excluding hydrogens is 387 g/mol. The zero-order chi connectivity index (χ0) is 19.8. The Hall–Kier alpha value is -1.56. The first-order valence-electron chi connectivity index (χ1n) is 10.9. The summed E-state index contributed by atoms with van der Waals surface area (Å²) in [6, 6.07) is 8.73. The third-order valence-corrected chi connectivity index (χ3v) is 7.28. The lowest BCUT2D eigenvalue weighted by Gasteiger charge is -2.28. The normalized spacial score (nSPS) is 27.2. The standard InChI is InChI=1S/C23H28ClFN4/c24-21-8-6-16(25)10-18(21)22-9-7-17(27-28-22)11-26-23-19-13-29(14-20(19)23)12-15-4-2-1-3-5-15/h6-10,15,19-20,23,26H,1-5,11-14H2. The second-order valence-electron chi connectivity index (χ2n) is 8.99. The van der Waals surface area contributed by atoms with E-state index in [4.69, 9.17) is 11.6 Å². The van der Waals surface area contributed by atoms with Crippen molar-refractivity contribution in [2.75, 3.05) is 19.6 Å². The van der Waals surface area contributed by atoms with Gasteiger partial charge in [-0.1, -0.05) is 30.9 Å². The summed E-state index contributed by atoms with van der Waals surface area (Å²) < 4.78 is 13.5. The number of hydrogen-bond acceptors (Lipinski definition) is 4. The molecule has 2 heterocycles. The van der Waals surface area contributed by atoms with Crippen molar-refractivity contribution in [3.8, 4) is 11.3 Å². The molecule has 154 valence electrons. The maximum atomic E-state index is 13.5. The summed E-state index contributed by atoms with van der Waals surface area (Å²) in [6.07, 6.45) is 7.17. The van der Waals surface area contributed by atoms with Crippen LogP contribution in [0.2, 0.25) is 5.02 Å². The molecule has 0 bridgehead atoms. The highest BCUT2D eigenvalue weighted by atomic mass is 35.5. The zero-order valence-electron chi connectivity index (χ0n) is 16.7. The SMILES string of the molecule is Fc1ccc(Cl)c(-c2ccc(CNC3C4CN(CC5CCCCC5)CC43)nn2)c1. The summed E-state index contributed by atoms with van der Waals surface area (Å²) in [7, 11) is 0. The molecule has 0 amide bonds. The molecule has 2 aromatic rings. The van der Waals surface area contributed by atoms with Crippen LogP contribution in [0.3, 0.4) is 0 Å². The molecule has 1 N–H and O–H groups in total. The van der Waals surface area contributed by atoms with Crippen LogP contribution in [0.25, 0.3) is 11.3 Å². The van der Waals surface area contributed by atoms with E-state index in [1.807, 2.05) is 12.1 Å². The van der Waals surface area contributed by atoms with E-state index in [2.05, 4.69) is 20.4 Å². The highest BCUT2D eigenvalue weighted by Crippen LogP contribution is 2.46. The Morgan fingerprint density at radius 2 is 1.83 bits per heavy atom.